The van der Waals surface area contributed by atoms with Gasteiger partial charge in [-0.25, -0.2) is 0 Å². The van der Waals surface area contributed by atoms with Crippen molar-refractivity contribution in [3.63, 3.8) is 0 Å². The molecule has 0 aliphatic heterocycles. The quantitative estimate of drug-likeness (QED) is 0.121. The molecule has 430 valence electrons. The molecule has 0 radical (unpaired) electrons. The van der Waals surface area contributed by atoms with Gasteiger partial charge in [-0.3, -0.25) is 0 Å². The van der Waals surface area contributed by atoms with Crippen molar-refractivity contribution in [1.82, 2.24) is 0 Å². The van der Waals surface area contributed by atoms with Gasteiger partial charge < -0.3 is 18.6 Å². The normalized spacial score (nSPS) is 11.7. The molecule has 0 spiro atoms. The molecular formula is C88H56N2O2. The lowest BCUT2D eigenvalue weighted by molar-refractivity contribution is 0.668. The van der Waals surface area contributed by atoms with Crippen molar-refractivity contribution in [1.29, 1.82) is 0 Å². The predicted octanol–water partition coefficient (Wildman–Crippen LogP) is 25.4. The van der Waals surface area contributed by atoms with Crippen LogP contribution in [-0.4, -0.2) is 0 Å². The van der Waals surface area contributed by atoms with Crippen molar-refractivity contribution in [2.75, 3.05) is 9.80 Å². The van der Waals surface area contributed by atoms with E-state index in [2.05, 4.69) is 337 Å². The lowest BCUT2D eigenvalue weighted by Crippen LogP contribution is -2.12. The Morgan fingerprint density at radius 2 is 0.522 bits per heavy atom. The molecule has 0 saturated heterocycles. The van der Waals surface area contributed by atoms with E-state index in [4.69, 9.17) is 8.83 Å². The van der Waals surface area contributed by atoms with E-state index in [-0.39, 0.29) is 0 Å². The van der Waals surface area contributed by atoms with Gasteiger partial charge in [0.25, 0.3) is 0 Å². The minimum atomic E-state index is 0.842. The molecule has 2 aromatic heterocycles. The van der Waals surface area contributed by atoms with Crippen LogP contribution in [0, 0.1) is 0 Å². The van der Waals surface area contributed by atoms with Crippen LogP contribution >= 0.6 is 0 Å². The van der Waals surface area contributed by atoms with Gasteiger partial charge in [0.05, 0.1) is 11.4 Å². The summed E-state index contributed by atoms with van der Waals surface area (Å²) in [7, 11) is 0. The molecule has 92 heavy (non-hydrogen) atoms. The molecule has 2 heterocycles. The maximum atomic E-state index is 6.64. The van der Waals surface area contributed by atoms with E-state index in [0.29, 0.717) is 0 Å². The summed E-state index contributed by atoms with van der Waals surface area (Å²) < 4.78 is 13.1. The smallest absolute Gasteiger partial charge is 0.137 e. The Balaban J connectivity index is 0.809. The summed E-state index contributed by atoms with van der Waals surface area (Å²) in [5.41, 5.74) is 21.1. The molecular weight excluding hydrogens is 1120 g/mol. The second-order valence-corrected chi connectivity index (χ2v) is 23.8. The fourth-order valence-electron chi connectivity index (χ4n) is 14.4. The summed E-state index contributed by atoms with van der Waals surface area (Å²) in [6.07, 6.45) is 0. The molecule has 0 unspecified atom stereocenters. The minimum absolute atomic E-state index is 0.842. The number of rotatable bonds is 11. The molecule has 0 amide bonds. The fraction of sp³-hybridized carbons (Fsp3) is 0. The number of furan rings is 2. The van der Waals surface area contributed by atoms with E-state index >= 15 is 0 Å². The van der Waals surface area contributed by atoms with Gasteiger partial charge in [-0.15, -0.1) is 0 Å². The summed E-state index contributed by atoms with van der Waals surface area (Å²) >= 11 is 0. The van der Waals surface area contributed by atoms with Crippen LogP contribution in [0.4, 0.5) is 34.1 Å². The van der Waals surface area contributed by atoms with Gasteiger partial charge in [-0.05, 0) is 156 Å². The van der Waals surface area contributed by atoms with Gasteiger partial charge in [-0.1, -0.05) is 255 Å². The van der Waals surface area contributed by atoms with Crippen LogP contribution < -0.4 is 9.80 Å². The lowest BCUT2D eigenvalue weighted by atomic mass is 9.88. The molecule has 16 aromatic carbocycles. The third-order valence-corrected chi connectivity index (χ3v) is 18.6. The van der Waals surface area contributed by atoms with E-state index in [1.165, 1.54) is 32.5 Å². The van der Waals surface area contributed by atoms with Crippen LogP contribution in [-0.2, 0) is 0 Å². The third-order valence-electron chi connectivity index (χ3n) is 18.6. The molecule has 0 bridgehead atoms. The van der Waals surface area contributed by atoms with Crippen molar-refractivity contribution >= 4 is 121 Å². The highest BCUT2D eigenvalue weighted by atomic mass is 16.3. The Labute approximate surface area is 532 Å². The number of nitrogens with zero attached hydrogens (tertiary/aromatic N) is 2. The second-order valence-electron chi connectivity index (χ2n) is 23.8. The lowest BCUT2D eigenvalue weighted by Gasteiger charge is -2.31. The van der Waals surface area contributed by atoms with Crippen molar-refractivity contribution in [3.05, 3.63) is 340 Å². The van der Waals surface area contributed by atoms with Crippen LogP contribution in [0.15, 0.2) is 349 Å². The highest BCUT2D eigenvalue weighted by Crippen LogP contribution is 2.53. The topological polar surface area (TPSA) is 32.8 Å². The summed E-state index contributed by atoms with van der Waals surface area (Å²) in [5.74, 6) is 0. The number of benzene rings is 16. The van der Waals surface area contributed by atoms with Gasteiger partial charge in [-0.2, -0.15) is 0 Å². The van der Waals surface area contributed by atoms with Gasteiger partial charge in [0, 0.05) is 72.3 Å². The Bertz CT molecular complexity index is 5890. The first kappa shape index (κ1) is 52.8. The SMILES string of the molecule is c1ccc(-c2cccc(N(c3ccc4oc5ccccc5c4c3)c3c(-c4ccccc4)c4cc(-c5cccc(-c6ccc(N(c7ccc8c(c7)oc7ccccc78)c7c(-c8ccccc8)c8ccccc8c8ccccc78)cc6)c5)ccc4c4ccccc34)c2)cc1. The second kappa shape index (κ2) is 21.8. The molecule has 0 saturated carbocycles. The summed E-state index contributed by atoms with van der Waals surface area (Å²) in [6.45, 7) is 0. The molecule has 4 heteroatoms. The maximum absolute atomic E-state index is 6.64. The monoisotopic (exact) mass is 1170 g/mol. The highest BCUT2D eigenvalue weighted by Gasteiger charge is 2.27. The van der Waals surface area contributed by atoms with Crippen molar-refractivity contribution < 1.29 is 8.83 Å². The zero-order chi connectivity index (χ0) is 60.6. The molecule has 18 aromatic rings. The number of hydrogen-bond acceptors (Lipinski definition) is 4. The Morgan fingerprint density at radius 3 is 1.16 bits per heavy atom. The van der Waals surface area contributed by atoms with Crippen LogP contribution in [0.25, 0.3) is 143 Å². The molecule has 0 atom stereocenters. The fourth-order valence-corrected chi connectivity index (χ4v) is 14.4. The Kier molecular flexibility index (Phi) is 12.5. The van der Waals surface area contributed by atoms with Gasteiger partial charge in [0.2, 0.25) is 0 Å². The number of para-hydroxylation sites is 2. The first-order chi connectivity index (χ1) is 45.6. The van der Waals surface area contributed by atoms with Crippen LogP contribution in [0.2, 0.25) is 0 Å². The van der Waals surface area contributed by atoms with Crippen molar-refractivity contribution in [2.45, 2.75) is 0 Å². The first-order valence-electron chi connectivity index (χ1n) is 31.5. The standard InChI is InChI=1S/C88H56N2O2/c1-4-22-57(23-5-1)63-30-21-31-66(53-63)90(67-48-51-83-79(55-67)74-36-17-19-41-82(74)91-83)88-78-39-15-12-34-71(78)72-49-44-64(54-80(72)86(88)60-26-8-3-9-27-60)62-29-20-28-61(52-62)58-42-45-65(46-43-58)89(68-47-50-75-73-35-16-18-40-81(73)92-84(75)56-68)87-77-38-14-11-33-70(77)69-32-10-13-37-76(69)85(87)59-24-6-2-7-25-59/h1-56H. The molecule has 0 aliphatic carbocycles. The van der Waals surface area contributed by atoms with E-state index < -0.39 is 0 Å². The van der Waals surface area contributed by atoms with E-state index in [9.17, 15) is 0 Å². The summed E-state index contributed by atoms with van der Waals surface area (Å²) in [4.78, 5) is 4.93. The van der Waals surface area contributed by atoms with E-state index in [0.717, 1.165) is 144 Å². The van der Waals surface area contributed by atoms with E-state index in [1.54, 1.807) is 0 Å². The minimum Gasteiger partial charge on any atom is -0.456 e. The largest absolute Gasteiger partial charge is 0.456 e. The van der Waals surface area contributed by atoms with Gasteiger partial charge in [0.15, 0.2) is 0 Å². The number of anilines is 6. The molecule has 0 aliphatic rings. The number of hydrogen-bond donors (Lipinski definition) is 0. The van der Waals surface area contributed by atoms with Crippen LogP contribution in [0.1, 0.15) is 0 Å². The Hall–Kier alpha value is -12.2. The molecule has 4 nitrogen and oxygen atoms in total. The zero-order valence-corrected chi connectivity index (χ0v) is 50.0. The maximum Gasteiger partial charge on any atom is 0.137 e. The van der Waals surface area contributed by atoms with Crippen molar-refractivity contribution in [2.24, 2.45) is 0 Å². The van der Waals surface area contributed by atoms with Crippen LogP contribution in [0.5, 0.6) is 0 Å². The number of fused-ring (bicyclic) bond motifs is 12. The van der Waals surface area contributed by atoms with Gasteiger partial charge >= 0.3 is 0 Å². The van der Waals surface area contributed by atoms with Gasteiger partial charge in [0.1, 0.15) is 22.3 Å². The Morgan fingerprint density at radius 1 is 0.163 bits per heavy atom. The summed E-state index contributed by atoms with van der Waals surface area (Å²) in [6, 6.07) is 123. The average Bonchev–Trinajstić information content (AvgIpc) is 0.936. The van der Waals surface area contributed by atoms with E-state index in [1.807, 2.05) is 12.1 Å². The molecule has 0 N–H and O–H groups in total. The molecule has 0 fully saturated rings. The average molecular weight is 1170 g/mol. The summed E-state index contributed by atoms with van der Waals surface area (Å²) in [5, 5.41) is 13.8. The van der Waals surface area contributed by atoms with Crippen molar-refractivity contribution in [3.8, 4) is 55.6 Å². The molecule has 18 rings (SSSR count). The highest BCUT2D eigenvalue weighted by molar-refractivity contribution is 6.25. The zero-order valence-electron chi connectivity index (χ0n) is 50.0. The predicted molar refractivity (Wildman–Crippen MR) is 388 cm³/mol. The third kappa shape index (κ3) is 8.83. The van der Waals surface area contributed by atoms with Crippen LogP contribution in [0.3, 0.4) is 0 Å². The first-order valence-corrected chi connectivity index (χ1v) is 31.5.